The lowest BCUT2D eigenvalue weighted by molar-refractivity contribution is -0.702. The summed E-state index contributed by atoms with van der Waals surface area (Å²) in [5.41, 5.74) is 1.22. The molecule has 1 unspecified atom stereocenters. The van der Waals surface area contributed by atoms with Crippen LogP contribution in [0, 0.1) is 0 Å². The van der Waals surface area contributed by atoms with Gasteiger partial charge in [0.1, 0.15) is 18.3 Å². The Morgan fingerprint density at radius 2 is 2.00 bits per heavy atom. The highest BCUT2D eigenvalue weighted by Crippen LogP contribution is 2.15. The monoisotopic (exact) mass is 210 g/mol. The Kier molecular flexibility index (Phi) is 5.15. The fraction of sp³-hybridized carbons (Fsp3) is 0.500. The largest absolute Gasteiger partial charge is 0.496 e. The van der Waals surface area contributed by atoms with Gasteiger partial charge in [-0.1, -0.05) is 12.1 Å². The first-order valence-corrected chi connectivity index (χ1v) is 5.22. The lowest BCUT2D eigenvalue weighted by atomic mass is 10.2. The molecular formula is C12H20NO2+. The first kappa shape index (κ1) is 12.0. The second kappa shape index (κ2) is 6.43. The van der Waals surface area contributed by atoms with Crippen LogP contribution in [0.4, 0.5) is 0 Å². The molecule has 0 bridgehead atoms. The Morgan fingerprint density at radius 1 is 1.27 bits per heavy atom. The summed E-state index contributed by atoms with van der Waals surface area (Å²) in [6.45, 7) is 3.85. The smallest absolute Gasteiger partial charge is 0.127 e. The van der Waals surface area contributed by atoms with Gasteiger partial charge in [0.15, 0.2) is 0 Å². The zero-order valence-electron chi connectivity index (χ0n) is 9.69. The molecule has 3 nitrogen and oxygen atoms in total. The molecule has 0 aliphatic heterocycles. The number of rotatable bonds is 6. The van der Waals surface area contributed by atoms with Crippen molar-refractivity contribution in [3.05, 3.63) is 29.8 Å². The molecule has 1 aromatic rings. The SMILES string of the molecule is COCC(C)[NH2+]Cc1ccccc1OC. The van der Waals surface area contributed by atoms with Gasteiger partial charge in [-0.25, -0.2) is 0 Å². The summed E-state index contributed by atoms with van der Waals surface area (Å²) in [6, 6.07) is 8.58. The van der Waals surface area contributed by atoms with Gasteiger partial charge in [-0.15, -0.1) is 0 Å². The maximum Gasteiger partial charge on any atom is 0.127 e. The lowest BCUT2D eigenvalue weighted by Gasteiger charge is -2.11. The van der Waals surface area contributed by atoms with E-state index in [0.29, 0.717) is 6.04 Å². The Hall–Kier alpha value is -1.06. The molecule has 0 saturated heterocycles. The van der Waals surface area contributed by atoms with Gasteiger partial charge < -0.3 is 14.8 Å². The van der Waals surface area contributed by atoms with Crippen LogP contribution >= 0.6 is 0 Å². The van der Waals surface area contributed by atoms with Crippen LogP contribution in [-0.4, -0.2) is 26.9 Å². The molecule has 0 saturated carbocycles. The van der Waals surface area contributed by atoms with Crippen molar-refractivity contribution in [1.82, 2.24) is 0 Å². The highest BCUT2D eigenvalue weighted by atomic mass is 16.5. The zero-order valence-corrected chi connectivity index (χ0v) is 9.69. The first-order chi connectivity index (χ1) is 7.27. The van der Waals surface area contributed by atoms with Crippen LogP contribution in [0.3, 0.4) is 0 Å². The molecule has 0 aliphatic carbocycles. The summed E-state index contributed by atoms with van der Waals surface area (Å²) >= 11 is 0. The lowest BCUT2D eigenvalue weighted by Crippen LogP contribution is -2.88. The Labute approximate surface area is 91.4 Å². The molecule has 15 heavy (non-hydrogen) atoms. The maximum atomic E-state index is 5.29. The predicted molar refractivity (Wildman–Crippen MR) is 60.0 cm³/mol. The van der Waals surface area contributed by atoms with Crippen molar-refractivity contribution < 1.29 is 14.8 Å². The van der Waals surface area contributed by atoms with Crippen LogP contribution in [0.15, 0.2) is 24.3 Å². The normalized spacial score (nSPS) is 12.5. The van der Waals surface area contributed by atoms with E-state index >= 15 is 0 Å². The summed E-state index contributed by atoms with van der Waals surface area (Å²) < 4.78 is 10.4. The number of hydrogen-bond acceptors (Lipinski definition) is 2. The van der Waals surface area contributed by atoms with Crippen molar-refractivity contribution in [2.75, 3.05) is 20.8 Å². The highest BCUT2D eigenvalue weighted by molar-refractivity contribution is 5.32. The fourth-order valence-electron chi connectivity index (χ4n) is 1.53. The number of ether oxygens (including phenoxy) is 2. The average molecular weight is 210 g/mol. The molecule has 0 spiro atoms. The summed E-state index contributed by atoms with van der Waals surface area (Å²) in [6.07, 6.45) is 0. The van der Waals surface area contributed by atoms with Gasteiger partial charge >= 0.3 is 0 Å². The maximum absolute atomic E-state index is 5.29. The van der Waals surface area contributed by atoms with Gasteiger partial charge in [0, 0.05) is 12.7 Å². The van der Waals surface area contributed by atoms with E-state index in [-0.39, 0.29) is 0 Å². The minimum absolute atomic E-state index is 0.472. The second-order valence-electron chi connectivity index (χ2n) is 3.68. The molecule has 0 amide bonds. The molecule has 1 rings (SSSR count). The number of benzene rings is 1. The molecule has 0 radical (unpaired) electrons. The molecule has 3 heteroatoms. The zero-order chi connectivity index (χ0) is 11.1. The van der Waals surface area contributed by atoms with Crippen molar-refractivity contribution in [3.63, 3.8) is 0 Å². The van der Waals surface area contributed by atoms with E-state index in [0.717, 1.165) is 18.9 Å². The quantitative estimate of drug-likeness (QED) is 0.753. The van der Waals surface area contributed by atoms with Crippen molar-refractivity contribution >= 4 is 0 Å². The van der Waals surface area contributed by atoms with Crippen molar-refractivity contribution in [3.8, 4) is 5.75 Å². The molecule has 0 heterocycles. The van der Waals surface area contributed by atoms with E-state index in [1.54, 1.807) is 14.2 Å². The minimum atomic E-state index is 0.472. The van der Waals surface area contributed by atoms with E-state index in [4.69, 9.17) is 9.47 Å². The number of nitrogens with two attached hydrogens (primary N) is 1. The molecular weight excluding hydrogens is 190 g/mol. The van der Waals surface area contributed by atoms with E-state index in [1.807, 2.05) is 18.2 Å². The van der Waals surface area contributed by atoms with Gasteiger partial charge in [-0.2, -0.15) is 0 Å². The fourth-order valence-corrected chi connectivity index (χ4v) is 1.53. The summed E-state index contributed by atoms with van der Waals surface area (Å²) in [4.78, 5) is 0. The molecule has 1 atom stereocenters. The Balaban J connectivity index is 2.49. The molecule has 0 aliphatic rings. The number of methoxy groups -OCH3 is 2. The number of para-hydroxylation sites is 1. The second-order valence-corrected chi connectivity index (χ2v) is 3.68. The number of hydrogen-bond donors (Lipinski definition) is 1. The van der Waals surface area contributed by atoms with E-state index in [9.17, 15) is 0 Å². The van der Waals surface area contributed by atoms with Crippen LogP contribution in [0.25, 0.3) is 0 Å². The van der Waals surface area contributed by atoms with Crippen molar-refractivity contribution in [1.29, 1.82) is 0 Å². The van der Waals surface area contributed by atoms with Gasteiger partial charge in [-0.05, 0) is 19.1 Å². The minimum Gasteiger partial charge on any atom is -0.496 e. The third-order valence-electron chi connectivity index (χ3n) is 2.36. The van der Waals surface area contributed by atoms with E-state index < -0.39 is 0 Å². The molecule has 0 fully saturated rings. The van der Waals surface area contributed by atoms with Crippen LogP contribution in [0.5, 0.6) is 5.75 Å². The van der Waals surface area contributed by atoms with Crippen LogP contribution in [-0.2, 0) is 11.3 Å². The van der Waals surface area contributed by atoms with Gasteiger partial charge in [0.05, 0.1) is 13.7 Å². The summed E-state index contributed by atoms with van der Waals surface area (Å²) in [7, 11) is 3.44. The van der Waals surface area contributed by atoms with Crippen LogP contribution in [0.1, 0.15) is 12.5 Å². The van der Waals surface area contributed by atoms with Crippen LogP contribution < -0.4 is 10.1 Å². The predicted octanol–water partition coefficient (Wildman–Crippen LogP) is 0.794. The van der Waals surface area contributed by atoms with E-state index in [2.05, 4.69) is 18.3 Å². The molecule has 1 aromatic carbocycles. The Morgan fingerprint density at radius 3 is 2.67 bits per heavy atom. The molecule has 2 N–H and O–H groups in total. The molecule has 0 aromatic heterocycles. The molecule has 84 valence electrons. The van der Waals surface area contributed by atoms with Gasteiger partial charge in [-0.3, -0.25) is 0 Å². The average Bonchev–Trinajstić information content (AvgIpc) is 2.27. The van der Waals surface area contributed by atoms with E-state index in [1.165, 1.54) is 5.56 Å². The standard InChI is InChI=1S/C12H19NO2/c1-10(9-14-2)13-8-11-6-4-5-7-12(11)15-3/h4-7,10,13H,8-9H2,1-3H3/p+1. The van der Waals surface area contributed by atoms with Gasteiger partial charge in [0.2, 0.25) is 0 Å². The summed E-state index contributed by atoms with van der Waals surface area (Å²) in [5.74, 6) is 0.957. The third kappa shape index (κ3) is 3.90. The summed E-state index contributed by atoms with van der Waals surface area (Å²) in [5, 5.41) is 2.25. The topological polar surface area (TPSA) is 35.1 Å². The van der Waals surface area contributed by atoms with Crippen molar-refractivity contribution in [2.24, 2.45) is 0 Å². The first-order valence-electron chi connectivity index (χ1n) is 5.22. The third-order valence-corrected chi connectivity index (χ3v) is 2.36. The van der Waals surface area contributed by atoms with Gasteiger partial charge in [0.25, 0.3) is 0 Å². The van der Waals surface area contributed by atoms with Crippen molar-refractivity contribution in [2.45, 2.75) is 19.5 Å². The highest BCUT2D eigenvalue weighted by Gasteiger charge is 2.07. The number of quaternary nitrogens is 1. The van der Waals surface area contributed by atoms with Crippen LogP contribution in [0.2, 0.25) is 0 Å². The Bertz CT molecular complexity index is 289.